The fourth-order valence-electron chi connectivity index (χ4n) is 2.60. The zero-order valence-corrected chi connectivity index (χ0v) is 14.2. The van der Waals surface area contributed by atoms with Crippen molar-refractivity contribution in [2.24, 2.45) is 5.92 Å². The van der Waals surface area contributed by atoms with E-state index < -0.39 is 5.97 Å². The van der Waals surface area contributed by atoms with Crippen LogP contribution >= 0.6 is 0 Å². The molecule has 5 nitrogen and oxygen atoms in total. The molecular formula is C20H22N2O3. The van der Waals surface area contributed by atoms with Crippen molar-refractivity contribution in [1.82, 2.24) is 5.32 Å². The first-order valence-corrected chi connectivity index (χ1v) is 8.49. The molecule has 25 heavy (non-hydrogen) atoms. The van der Waals surface area contributed by atoms with Crippen molar-refractivity contribution in [1.29, 1.82) is 0 Å². The zero-order chi connectivity index (χ0) is 17.8. The van der Waals surface area contributed by atoms with Gasteiger partial charge in [0.1, 0.15) is 0 Å². The van der Waals surface area contributed by atoms with Crippen molar-refractivity contribution in [2.45, 2.75) is 32.4 Å². The van der Waals surface area contributed by atoms with E-state index in [1.54, 1.807) is 12.1 Å². The lowest BCUT2D eigenvalue weighted by atomic mass is 10.1. The molecule has 0 heterocycles. The first-order chi connectivity index (χ1) is 12.0. The Morgan fingerprint density at radius 2 is 1.72 bits per heavy atom. The van der Waals surface area contributed by atoms with Crippen molar-refractivity contribution >= 4 is 17.6 Å². The third-order valence-electron chi connectivity index (χ3n) is 4.44. The van der Waals surface area contributed by atoms with E-state index in [1.165, 1.54) is 0 Å². The van der Waals surface area contributed by atoms with E-state index in [9.17, 15) is 9.59 Å². The molecule has 3 rings (SSSR count). The largest absolute Gasteiger partial charge is 0.478 e. The van der Waals surface area contributed by atoms with Crippen molar-refractivity contribution in [3.8, 4) is 0 Å². The van der Waals surface area contributed by atoms with Crippen LogP contribution in [-0.2, 0) is 11.3 Å². The topological polar surface area (TPSA) is 78.4 Å². The minimum atomic E-state index is -0.915. The molecule has 1 amide bonds. The Labute approximate surface area is 147 Å². The first-order valence-electron chi connectivity index (χ1n) is 8.49. The van der Waals surface area contributed by atoms with Crippen LogP contribution in [-0.4, -0.2) is 17.0 Å². The summed E-state index contributed by atoms with van der Waals surface area (Å²) in [4.78, 5) is 22.6. The Bertz CT molecular complexity index is 750. The van der Waals surface area contributed by atoms with Gasteiger partial charge in [-0.1, -0.05) is 24.3 Å². The van der Waals surface area contributed by atoms with E-state index in [2.05, 4.69) is 17.6 Å². The molecule has 1 unspecified atom stereocenters. The Morgan fingerprint density at radius 1 is 1.08 bits per heavy atom. The number of carbonyl (C=O) groups excluding carboxylic acids is 1. The van der Waals surface area contributed by atoms with E-state index in [-0.39, 0.29) is 17.9 Å². The number of amides is 1. The molecule has 130 valence electrons. The molecule has 1 fully saturated rings. The summed E-state index contributed by atoms with van der Waals surface area (Å²) in [5.41, 5.74) is 3.29. The predicted molar refractivity (Wildman–Crippen MR) is 96.5 cm³/mol. The molecule has 1 aliphatic carbocycles. The van der Waals surface area contributed by atoms with Gasteiger partial charge in [0.05, 0.1) is 5.56 Å². The molecule has 0 aromatic heterocycles. The number of anilines is 1. The number of carboxylic acids is 1. The van der Waals surface area contributed by atoms with Gasteiger partial charge >= 0.3 is 5.97 Å². The lowest BCUT2D eigenvalue weighted by Crippen LogP contribution is -2.18. The number of hydrogen-bond donors (Lipinski definition) is 3. The van der Waals surface area contributed by atoms with Gasteiger partial charge < -0.3 is 15.7 Å². The van der Waals surface area contributed by atoms with Crippen LogP contribution < -0.4 is 10.6 Å². The second-order valence-electron chi connectivity index (χ2n) is 6.49. The van der Waals surface area contributed by atoms with Crippen LogP contribution in [0, 0.1) is 5.92 Å². The summed E-state index contributed by atoms with van der Waals surface area (Å²) >= 11 is 0. The van der Waals surface area contributed by atoms with Crippen LogP contribution in [0.5, 0.6) is 0 Å². The van der Waals surface area contributed by atoms with Crippen LogP contribution in [0.3, 0.4) is 0 Å². The summed E-state index contributed by atoms with van der Waals surface area (Å²) < 4.78 is 0. The molecule has 1 saturated carbocycles. The standard InChI is InChI=1S/C20H22N2O3/c1-13(21-12-14-2-4-17(5-3-14)20(24)25)15-8-10-18(11-9-15)22-19(23)16-6-7-16/h2-5,8-11,13,16,21H,6-7,12H2,1H3,(H,22,23)(H,24,25). The van der Waals surface area contributed by atoms with Crippen LogP contribution in [0.1, 0.15) is 47.3 Å². The van der Waals surface area contributed by atoms with E-state index in [0.29, 0.717) is 12.1 Å². The van der Waals surface area contributed by atoms with Crippen LogP contribution in [0.25, 0.3) is 0 Å². The number of carbonyl (C=O) groups is 2. The van der Waals surface area contributed by atoms with Gasteiger partial charge in [0.2, 0.25) is 5.91 Å². The van der Waals surface area contributed by atoms with Gasteiger partial charge in [-0.05, 0) is 55.2 Å². The molecule has 0 bridgehead atoms. The van der Waals surface area contributed by atoms with Gasteiger partial charge in [0.15, 0.2) is 0 Å². The fourth-order valence-corrected chi connectivity index (χ4v) is 2.60. The molecule has 3 N–H and O–H groups in total. The summed E-state index contributed by atoms with van der Waals surface area (Å²) in [5.74, 6) is -0.599. The number of carboxylic acid groups (broad SMARTS) is 1. The van der Waals surface area contributed by atoms with Gasteiger partial charge in [-0.2, -0.15) is 0 Å². The highest BCUT2D eigenvalue weighted by Gasteiger charge is 2.29. The second-order valence-corrected chi connectivity index (χ2v) is 6.49. The summed E-state index contributed by atoms with van der Waals surface area (Å²) in [5, 5.41) is 15.3. The van der Waals surface area contributed by atoms with Crippen molar-refractivity contribution in [3.05, 3.63) is 65.2 Å². The number of aromatic carboxylic acids is 1. The lowest BCUT2D eigenvalue weighted by molar-refractivity contribution is -0.117. The summed E-state index contributed by atoms with van der Waals surface area (Å²) in [6.07, 6.45) is 2.00. The highest BCUT2D eigenvalue weighted by molar-refractivity contribution is 5.94. The summed E-state index contributed by atoms with van der Waals surface area (Å²) in [6.45, 7) is 2.73. The number of hydrogen-bond acceptors (Lipinski definition) is 3. The second kappa shape index (κ2) is 7.49. The number of nitrogens with one attached hydrogen (secondary N) is 2. The van der Waals surface area contributed by atoms with Crippen molar-refractivity contribution in [2.75, 3.05) is 5.32 Å². The zero-order valence-electron chi connectivity index (χ0n) is 14.2. The molecule has 0 saturated heterocycles. The maximum absolute atomic E-state index is 11.8. The minimum absolute atomic E-state index is 0.115. The van der Waals surface area contributed by atoms with Gasteiger partial charge in [-0.25, -0.2) is 4.79 Å². The molecule has 0 radical (unpaired) electrons. The van der Waals surface area contributed by atoms with Crippen molar-refractivity contribution in [3.63, 3.8) is 0 Å². The average Bonchev–Trinajstić information content (AvgIpc) is 3.46. The monoisotopic (exact) mass is 338 g/mol. The van der Waals surface area contributed by atoms with E-state index >= 15 is 0 Å². The van der Waals surface area contributed by atoms with Gasteiger partial charge in [-0.15, -0.1) is 0 Å². The Morgan fingerprint density at radius 3 is 2.28 bits per heavy atom. The lowest BCUT2D eigenvalue weighted by Gasteiger charge is -2.15. The first kappa shape index (κ1) is 17.2. The van der Waals surface area contributed by atoms with Gasteiger partial charge in [0, 0.05) is 24.2 Å². The molecule has 0 aliphatic heterocycles. The summed E-state index contributed by atoms with van der Waals surface area (Å²) in [7, 11) is 0. The van der Waals surface area contributed by atoms with Crippen LogP contribution in [0.15, 0.2) is 48.5 Å². The molecule has 1 aliphatic rings. The molecule has 1 atom stereocenters. The molecule has 2 aromatic rings. The molecule has 0 spiro atoms. The Hall–Kier alpha value is -2.66. The normalized spacial score (nSPS) is 14.8. The third-order valence-corrected chi connectivity index (χ3v) is 4.44. The SMILES string of the molecule is CC(NCc1ccc(C(=O)O)cc1)c1ccc(NC(=O)C2CC2)cc1. The van der Waals surface area contributed by atoms with Gasteiger partial charge in [0.25, 0.3) is 0 Å². The predicted octanol–water partition coefficient (Wildman–Crippen LogP) is 3.58. The minimum Gasteiger partial charge on any atom is -0.478 e. The van der Waals surface area contributed by atoms with E-state index in [1.807, 2.05) is 36.4 Å². The fraction of sp³-hybridized carbons (Fsp3) is 0.300. The Balaban J connectivity index is 1.52. The van der Waals surface area contributed by atoms with Crippen LogP contribution in [0.2, 0.25) is 0 Å². The number of rotatable bonds is 7. The van der Waals surface area contributed by atoms with Gasteiger partial charge in [-0.3, -0.25) is 4.79 Å². The molecular weight excluding hydrogens is 316 g/mol. The maximum atomic E-state index is 11.8. The molecule has 2 aromatic carbocycles. The van der Waals surface area contributed by atoms with E-state index in [0.717, 1.165) is 29.7 Å². The highest BCUT2D eigenvalue weighted by atomic mass is 16.4. The van der Waals surface area contributed by atoms with Crippen molar-refractivity contribution < 1.29 is 14.7 Å². The number of benzene rings is 2. The van der Waals surface area contributed by atoms with E-state index in [4.69, 9.17) is 5.11 Å². The maximum Gasteiger partial charge on any atom is 0.335 e. The summed E-state index contributed by atoms with van der Waals surface area (Å²) in [6, 6.07) is 14.9. The molecule has 5 heteroatoms. The third kappa shape index (κ3) is 4.67. The smallest absolute Gasteiger partial charge is 0.335 e. The Kier molecular flexibility index (Phi) is 5.14. The highest BCUT2D eigenvalue weighted by Crippen LogP contribution is 2.30. The average molecular weight is 338 g/mol. The van der Waals surface area contributed by atoms with Crippen LogP contribution in [0.4, 0.5) is 5.69 Å². The quantitative estimate of drug-likeness (QED) is 0.721.